The Balaban J connectivity index is 1.34. The lowest BCUT2D eigenvalue weighted by Crippen LogP contribution is -2.31. The number of fused-ring (bicyclic) bond motifs is 1. The first-order chi connectivity index (χ1) is 10.8. The van der Waals surface area contributed by atoms with Crippen molar-refractivity contribution in [2.45, 2.75) is 37.0 Å². The van der Waals surface area contributed by atoms with E-state index >= 15 is 0 Å². The molecule has 0 radical (unpaired) electrons. The Labute approximate surface area is 137 Å². The Morgan fingerprint density at radius 1 is 1.45 bits per heavy atom. The van der Waals surface area contributed by atoms with Crippen LogP contribution in [0.15, 0.2) is 17.8 Å². The Hall–Kier alpha value is -1.34. The molecule has 1 aliphatic heterocycles. The van der Waals surface area contributed by atoms with E-state index in [0.29, 0.717) is 12.6 Å². The molecule has 116 valence electrons. The third-order valence-corrected chi connectivity index (χ3v) is 6.39. The molecule has 22 heavy (non-hydrogen) atoms. The Kier molecular flexibility index (Phi) is 3.92. The summed E-state index contributed by atoms with van der Waals surface area (Å²) in [6.07, 6.45) is 6.08. The summed E-state index contributed by atoms with van der Waals surface area (Å²) in [7, 11) is 0. The van der Waals surface area contributed by atoms with E-state index in [2.05, 4.69) is 31.5 Å². The minimum Gasteiger partial charge on any atom is -0.354 e. The van der Waals surface area contributed by atoms with Gasteiger partial charge in [0, 0.05) is 23.9 Å². The quantitative estimate of drug-likeness (QED) is 0.912. The van der Waals surface area contributed by atoms with E-state index in [1.807, 2.05) is 6.33 Å². The fraction of sp³-hybridized carbons (Fsp3) is 0.533. The number of thiophene rings is 1. The molecule has 1 atom stereocenters. The number of thioether (sulfide) groups is 1. The summed E-state index contributed by atoms with van der Waals surface area (Å²) in [4.78, 5) is 13.8. The van der Waals surface area contributed by atoms with Gasteiger partial charge in [0.15, 0.2) is 0 Å². The van der Waals surface area contributed by atoms with Gasteiger partial charge >= 0.3 is 0 Å². The van der Waals surface area contributed by atoms with Crippen molar-refractivity contribution in [1.29, 1.82) is 0 Å². The molecule has 2 aliphatic rings. The maximum Gasteiger partial charge on any atom is 0.237 e. The summed E-state index contributed by atoms with van der Waals surface area (Å²) < 4.78 is 2.15. The van der Waals surface area contributed by atoms with E-state index in [1.54, 1.807) is 23.1 Å². The fourth-order valence-corrected chi connectivity index (χ4v) is 5.17. The van der Waals surface area contributed by atoms with Crippen LogP contribution in [0.5, 0.6) is 0 Å². The molecule has 5 nitrogen and oxygen atoms in total. The number of carbonyl (C=O) groups is 1. The molecule has 0 spiro atoms. The molecule has 1 amide bonds. The number of aryl methyl sites for hydroxylation is 1. The molecule has 1 aliphatic carbocycles. The lowest BCUT2D eigenvalue weighted by molar-refractivity contribution is -0.120. The van der Waals surface area contributed by atoms with Gasteiger partial charge in [0.2, 0.25) is 5.91 Å². The fourth-order valence-electron chi connectivity index (χ4n) is 2.86. The number of hydrogen-bond acceptors (Lipinski definition) is 5. The Bertz CT molecular complexity index is 677. The van der Waals surface area contributed by atoms with Crippen molar-refractivity contribution in [3.8, 4) is 0 Å². The molecule has 0 aromatic carbocycles. The maximum absolute atomic E-state index is 12.4. The molecule has 0 saturated heterocycles. The average molecular weight is 334 g/mol. The Morgan fingerprint density at radius 3 is 3.23 bits per heavy atom. The van der Waals surface area contributed by atoms with E-state index in [1.165, 1.54) is 23.3 Å². The molecule has 1 fully saturated rings. The molecule has 2 aromatic heterocycles. The third-order valence-electron chi connectivity index (χ3n) is 4.15. The molecule has 4 rings (SSSR count). The summed E-state index contributed by atoms with van der Waals surface area (Å²) in [5, 5.41) is 13.3. The first kappa shape index (κ1) is 14.3. The van der Waals surface area contributed by atoms with Crippen LogP contribution in [-0.2, 0) is 17.6 Å². The second kappa shape index (κ2) is 6.04. The summed E-state index contributed by atoms with van der Waals surface area (Å²) in [6, 6.07) is 2.68. The van der Waals surface area contributed by atoms with E-state index in [9.17, 15) is 4.79 Å². The van der Waals surface area contributed by atoms with Gasteiger partial charge in [-0.05, 0) is 42.0 Å². The van der Waals surface area contributed by atoms with Crippen LogP contribution in [0.2, 0.25) is 0 Å². The molecule has 0 unspecified atom stereocenters. The van der Waals surface area contributed by atoms with Gasteiger partial charge in [0.05, 0.1) is 0 Å². The number of nitrogens with zero attached hydrogens (tertiary/aromatic N) is 3. The second-order valence-electron chi connectivity index (χ2n) is 5.73. The van der Waals surface area contributed by atoms with Gasteiger partial charge in [0.25, 0.3) is 0 Å². The number of amides is 1. The van der Waals surface area contributed by atoms with Crippen molar-refractivity contribution in [3.63, 3.8) is 0 Å². The lowest BCUT2D eigenvalue weighted by Gasteiger charge is -2.21. The monoisotopic (exact) mass is 334 g/mol. The summed E-state index contributed by atoms with van der Waals surface area (Å²) in [6.45, 7) is 0.626. The van der Waals surface area contributed by atoms with Gasteiger partial charge in [0.1, 0.15) is 17.4 Å². The van der Waals surface area contributed by atoms with Crippen LogP contribution in [0.4, 0.5) is 0 Å². The molecule has 1 N–H and O–H groups in total. The van der Waals surface area contributed by atoms with Gasteiger partial charge in [-0.25, -0.2) is 0 Å². The predicted octanol–water partition coefficient (Wildman–Crippen LogP) is 2.36. The van der Waals surface area contributed by atoms with Crippen LogP contribution in [0, 0.1) is 0 Å². The van der Waals surface area contributed by atoms with E-state index in [0.717, 1.165) is 24.4 Å². The molecule has 0 bridgehead atoms. The normalized spacial score (nSPS) is 20.6. The number of carbonyl (C=O) groups excluding carboxylic acids is 1. The van der Waals surface area contributed by atoms with Crippen molar-refractivity contribution >= 4 is 29.0 Å². The zero-order valence-corrected chi connectivity index (χ0v) is 13.8. The van der Waals surface area contributed by atoms with Crippen molar-refractivity contribution in [1.82, 2.24) is 20.1 Å². The van der Waals surface area contributed by atoms with Gasteiger partial charge in [-0.2, -0.15) is 0 Å². The summed E-state index contributed by atoms with van der Waals surface area (Å²) in [5.74, 6) is 2.14. The minimum atomic E-state index is -0.0451. The largest absolute Gasteiger partial charge is 0.354 e. The van der Waals surface area contributed by atoms with Crippen molar-refractivity contribution in [2.75, 3.05) is 12.3 Å². The van der Waals surface area contributed by atoms with Gasteiger partial charge in [-0.15, -0.1) is 33.3 Å². The van der Waals surface area contributed by atoms with Gasteiger partial charge in [-0.1, -0.05) is 0 Å². The SMILES string of the molecule is O=C(NCCc1nncn1C1CC1)[C@H]1SCCc2sccc21. The topological polar surface area (TPSA) is 59.8 Å². The first-order valence-electron chi connectivity index (χ1n) is 7.67. The highest BCUT2D eigenvalue weighted by molar-refractivity contribution is 8.00. The molecular formula is C15H18N4OS2. The summed E-state index contributed by atoms with van der Waals surface area (Å²) in [5.41, 5.74) is 1.21. The number of rotatable bonds is 5. The molecule has 1 saturated carbocycles. The van der Waals surface area contributed by atoms with Crippen molar-refractivity contribution in [3.05, 3.63) is 34.0 Å². The highest BCUT2D eigenvalue weighted by Gasteiger charge is 2.28. The number of aromatic nitrogens is 3. The lowest BCUT2D eigenvalue weighted by atomic mass is 10.1. The number of nitrogens with one attached hydrogen (secondary N) is 1. The third kappa shape index (κ3) is 2.79. The highest BCUT2D eigenvalue weighted by Crippen LogP contribution is 2.39. The zero-order valence-electron chi connectivity index (χ0n) is 12.2. The second-order valence-corrected chi connectivity index (χ2v) is 7.94. The van der Waals surface area contributed by atoms with Crippen LogP contribution >= 0.6 is 23.1 Å². The number of hydrogen-bond donors (Lipinski definition) is 1. The average Bonchev–Trinajstić information content (AvgIpc) is 3.08. The minimum absolute atomic E-state index is 0.0451. The highest BCUT2D eigenvalue weighted by atomic mass is 32.2. The van der Waals surface area contributed by atoms with E-state index in [4.69, 9.17) is 0 Å². The van der Waals surface area contributed by atoms with Gasteiger partial charge in [-0.3, -0.25) is 4.79 Å². The molecule has 3 heterocycles. The maximum atomic E-state index is 12.4. The van der Waals surface area contributed by atoms with Crippen LogP contribution in [0.1, 0.15) is 40.4 Å². The van der Waals surface area contributed by atoms with E-state index < -0.39 is 0 Å². The molecule has 7 heteroatoms. The Morgan fingerprint density at radius 2 is 2.36 bits per heavy atom. The standard InChI is InChI=1S/C15H18N4OS2/c20-15(14-11-4-7-21-12(11)5-8-22-14)16-6-3-13-18-17-9-19(13)10-1-2-10/h4,7,9-10,14H,1-3,5-6,8H2,(H,16,20)/t14-/m0/s1. The van der Waals surface area contributed by atoms with Gasteiger partial charge < -0.3 is 9.88 Å². The first-order valence-corrected chi connectivity index (χ1v) is 9.60. The van der Waals surface area contributed by atoms with Crippen LogP contribution in [-0.4, -0.2) is 33.0 Å². The van der Waals surface area contributed by atoms with Crippen molar-refractivity contribution < 1.29 is 4.79 Å². The smallest absolute Gasteiger partial charge is 0.237 e. The molecule has 2 aromatic rings. The zero-order chi connectivity index (χ0) is 14.9. The summed E-state index contributed by atoms with van der Waals surface area (Å²) >= 11 is 3.51. The predicted molar refractivity (Wildman–Crippen MR) is 88.2 cm³/mol. The van der Waals surface area contributed by atoms with Crippen LogP contribution < -0.4 is 5.32 Å². The van der Waals surface area contributed by atoms with E-state index in [-0.39, 0.29) is 11.2 Å². The van der Waals surface area contributed by atoms with Crippen LogP contribution in [0.3, 0.4) is 0 Å². The van der Waals surface area contributed by atoms with Crippen LogP contribution in [0.25, 0.3) is 0 Å². The van der Waals surface area contributed by atoms with Crippen molar-refractivity contribution in [2.24, 2.45) is 0 Å². The molecular weight excluding hydrogens is 316 g/mol.